The van der Waals surface area contributed by atoms with Crippen LogP contribution in [0.2, 0.25) is 0 Å². The summed E-state index contributed by atoms with van der Waals surface area (Å²) in [6, 6.07) is 8.60. The van der Waals surface area contributed by atoms with Gasteiger partial charge in [-0.05, 0) is 44.8 Å². The highest BCUT2D eigenvalue weighted by atomic mass is 79.9. The summed E-state index contributed by atoms with van der Waals surface area (Å²) in [4.78, 5) is 17.1. The fourth-order valence-electron chi connectivity index (χ4n) is 2.45. The molecule has 0 bridgehead atoms. The van der Waals surface area contributed by atoms with Crippen LogP contribution >= 0.6 is 15.9 Å². The molecule has 1 aliphatic heterocycles. The molecule has 0 radical (unpaired) electrons. The first kappa shape index (κ1) is 15.7. The van der Waals surface area contributed by atoms with Gasteiger partial charge in [0.05, 0.1) is 7.11 Å². The average Bonchev–Trinajstić information content (AvgIpc) is 2.98. The fraction of sp³-hybridized carbons (Fsp3) is 0.250. The molecule has 0 unspecified atom stereocenters. The zero-order chi connectivity index (χ0) is 16.4. The summed E-state index contributed by atoms with van der Waals surface area (Å²) in [7, 11) is 1.37. The molecule has 120 valence electrons. The highest BCUT2D eigenvalue weighted by molar-refractivity contribution is 9.10. The molecule has 0 atom stereocenters. The van der Waals surface area contributed by atoms with Crippen LogP contribution in [0.3, 0.4) is 0 Å². The highest BCUT2D eigenvalue weighted by Crippen LogP contribution is 2.25. The maximum absolute atomic E-state index is 13.6. The summed E-state index contributed by atoms with van der Waals surface area (Å²) < 4.78 is 24.3. The van der Waals surface area contributed by atoms with Crippen molar-refractivity contribution in [1.82, 2.24) is 9.88 Å². The van der Waals surface area contributed by atoms with Gasteiger partial charge >= 0.3 is 6.09 Å². The lowest BCUT2D eigenvalue weighted by atomic mass is 10.1. The number of hydrogen-bond acceptors (Lipinski definition) is 4. The average molecular weight is 381 g/mol. The molecule has 0 spiro atoms. The molecule has 1 aromatic heterocycles. The second kappa shape index (κ2) is 6.54. The van der Waals surface area contributed by atoms with Crippen molar-refractivity contribution in [1.29, 1.82) is 0 Å². The second-order valence-electron chi connectivity index (χ2n) is 5.14. The van der Waals surface area contributed by atoms with Crippen LogP contribution in [0.15, 0.2) is 34.9 Å². The summed E-state index contributed by atoms with van der Waals surface area (Å²) in [6.07, 6.45) is -0.348. The lowest BCUT2D eigenvalue weighted by Gasteiger charge is -2.12. The van der Waals surface area contributed by atoms with Gasteiger partial charge in [-0.1, -0.05) is 18.2 Å². The van der Waals surface area contributed by atoms with Gasteiger partial charge in [0, 0.05) is 13.1 Å². The topological polar surface area (TPSA) is 51.7 Å². The first-order chi connectivity index (χ1) is 11.1. The number of carbonyl (C=O) groups is 1. The summed E-state index contributed by atoms with van der Waals surface area (Å²) in [5.74, 6) is -0.553. The largest absolute Gasteiger partial charge is 0.471 e. The van der Waals surface area contributed by atoms with E-state index in [1.165, 1.54) is 19.2 Å². The van der Waals surface area contributed by atoms with Crippen molar-refractivity contribution in [3.05, 3.63) is 57.4 Å². The Kier molecular flexibility index (Phi) is 4.47. The molecule has 0 saturated heterocycles. The Morgan fingerprint density at radius 1 is 1.30 bits per heavy atom. The molecule has 5 nitrogen and oxygen atoms in total. The Hall–Kier alpha value is -2.15. The summed E-state index contributed by atoms with van der Waals surface area (Å²) >= 11 is 3.18. The molecule has 1 amide bonds. The van der Waals surface area contributed by atoms with E-state index in [1.54, 1.807) is 4.90 Å². The van der Waals surface area contributed by atoms with Crippen LogP contribution in [0.25, 0.3) is 0 Å². The SMILES string of the molecule is COC(=O)N1Cc2ccc(COc3nc(Br)ccc3F)cc2C1. The Balaban J connectivity index is 1.70. The molecule has 0 fully saturated rings. The quantitative estimate of drug-likeness (QED) is 0.762. The molecule has 1 aliphatic rings. The minimum Gasteiger partial charge on any atom is -0.471 e. The number of rotatable bonds is 3. The zero-order valence-corrected chi connectivity index (χ0v) is 14.0. The van der Waals surface area contributed by atoms with E-state index in [0.29, 0.717) is 17.7 Å². The molecule has 2 heterocycles. The lowest BCUT2D eigenvalue weighted by Crippen LogP contribution is -2.24. The molecule has 7 heteroatoms. The minimum absolute atomic E-state index is 0.0453. The molecule has 1 aromatic carbocycles. The summed E-state index contributed by atoms with van der Waals surface area (Å²) in [5, 5.41) is 0. The second-order valence-corrected chi connectivity index (χ2v) is 5.95. The van der Waals surface area contributed by atoms with Crippen molar-refractivity contribution in [3.8, 4) is 5.88 Å². The lowest BCUT2D eigenvalue weighted by molar-refractivity contribution is 0.123. The van der Waals surface area contributed by atoms with Crippen molar-refractivity contribution < 1.29 is 18.7 Å². The Morgan fingerprint density at radius 2 is 2.09 bits per heavy atom. The van der Waals surface area contributed by atoms with Gasteiger partial charge in [0.2, 0.25) is 0 Å². The normalized spacial score (nSPS) is 12.9. The number of nitrogens with zero attached hydrogens (tertiary/aromatic N) is 2. The van der Waals surface area contributed by atoms with E-state index in [1.807, 2.05) is 18.2 Å². The van der Waals surface area contributed by atoms with E-state index >= 15 is 0 Å². The number of pyridine rings is 1. The zero-order valence-electron chi connectivity index (χ0n) is 12.4. The van der Waals surface area contributed by atoms with Crippen LogP contribution in [0.4, 0.5) is 9.18 Å². The van der Waals surface area contributed by atoms with Gasteiger partial charge in [-0.25, -0.2) is 14.2 Å². The van der Waals surface area contributed by atoms with E-state index < -0.39 is 5.82 Å². The van der Waals surface area contributed by atoms with E-state index in [-0.39, 0.29) is 18.6 Å². The number of amides is 1. The predicted octanol–water partition coefficient (Wildman–Crippen LogP) is 3.64. The standard InChI is InChI=1S/C16H14BrFN2O3/c1-22-16(21)20-7-11-3-2-10(6-12(11)8-20)9-23-15-13(18)4-5-14(17)19-15/h2-6H,7-9H2,1H3. The monoisotopic (exact) mass is 380 g/mol. The summed E-state index contributed by atoms with van der Waals surface area (Å²) in [6.45, 7) is 1.23. The number of benzene rings is 1. The minimum atomic E-state index is -0.508. The molecule has 3 rings (SSSR count). The van der Waals surface area contributed by atoms with Gasteiger partial charge in [0.1, 0.15) is 11.2 Å². The Labute approximate surface area is 141 Å². The molecular weight excluding hydrogens is 367 g/mol. The maximum Gasteiger partial charge on any atom is 0.410 e. The molecule has 23 heavy (non-hydrogen) atoms. The fourth-order valence-corrected chi connectivity index (χ4v) is 2.74. The van der Waals surface area contributed by atoms with E-state index in [9.17, 15) is 9.18 Å². The van der Waals surface area contributed by atoms with E-state index in [0.717, 1.165) is 16.7 Å². The van der Waals surface area contributed by atoms with Gasteiger partial charge < -0.3 is 9.47 Å². The molecular formula is C16H14BrFN2O3. The van der Waals surface area contributed by atoms with Gasteiger partial charge in [-0.3, -0.25) is 4.90 Å². The number of carbonyl (C=O) groups excluding carboxylic acids is 1. The predicted molar refractivity (Wildman–Crippen MR) is 84.3 cm³/mol. The van der Waals surface area contributed by atoms with Crippen molar-refractivity contribution >= 4 is 22.0 Å². The number of ether oxygens (including phenoxy) is 2. The van der Waals surface area contributed by atoms with E-state index in [2.05, 4.69) is 20.9 Å². The number of halogens is 2. The van der Waals surface area contributed by atoms with Gasteiger partial charge in [0.25, 0.3) is 5.88 Å². The van der Waals surface area contributed by atoms with Crippen LogP contribution in [-0.4, -0.2) is 23.1 Å². The van der Waals surface area contributed by atoms with Crippen molar-refractivity contribution in [2.24, 2.45) is 0 Å². The van der Waals surface area contributed by atoms with E-state index in [4.69, 9.17) is 9.47 Å². The molecule has 0 saturated carbocycles. The van der Waals surface area contributed by atoms with Crippen molar-refractivity contribution in [2.75, 3.05) is 7.11 Å². The van der Waals surface area contributed by atoms with Crippen molar-refractivity contribution in [2.45, 2.75) is 19.7 Å². The van der Waals surface area contributed by atoms with Gasteiger partial charge in [-0.2, -0.15) is 0 Å². The third kappa shape index (κ3) is 3.44. The van der Waals surface area contributed by atoms with Crippen LogP contribution in [0.5, 0.6) is 5.88 Å². The highest BCUT2D eigenvalue weighted by Gasteiger charge is 2.23. The Morgan fingerprint density at radius 3 is 2.87 bits per heavy atom. The van der Waals surface area contributed by atoms with Crippen LogP contribution in [-0.2, 0) is 24.4 Å². The Bertz CT molecular complexity index is 754. The molecule has 0 aliphatic carbocycles. The van der Waals surface area contributed by atoms with Crippen LogP contribution < -0.4 is 4.74 Å². The number of fused-ring (bicyclic) bond motifs is 1. The third-order valence-electron chi connectivity index (χ3n) is 3.58. The first-order valence-electron chi connectivity index (χ1n) is 6.95. The number of methoxy groups -OCH3 is 1. The van der Waals surface area contributed by atoms with Crippen LogP contribution in [0, 0.1) is 5.82 Å². The van der Waals surface area contributed by atoms with Gasteiger partial charge in [-0.15, -0.1) is 0 Å². The number of hydrogen-bond donors (Lipinski definition) is 0. The smallest absolute Gasteiger partial charge is 0.410 e. The third-order valence-corrected chi connectivity index (χ3v) is 4.02. The molecule has 0 N–H and O–H groups in total. The maximum atomic E-state index is 13.6. The number of aromatic nitrogens is 1. The van der Waals surface area contributed by atoms with Crippen LogP contribution in [0.1, 0.15) is 16.7 Å². The molecule has 2 aromatic rings. The first-order valence-corrected chi connectivity index (χ1v) is 7.74. The summed E-state index contributed by atoms with van der Waals surface area (Å²) in [5.41, 5.74) is 3.00. The van der Waals surface area contributed by atoms with Crippen molar-refractivity contribution in [3.63, 3.8) is 0 Å². The van der Waals surface area contributed by atoms with Gasteiger partial charge in [0.15, 0.2) is 5.82 Å².